The number of carbonyl (C=O) groups is 1. The van der Waals surface area contributed by atoms with E-state index in [0.29, 0.717) is 0 Å². The molecule has 9 heavy (non-hydrogen) atoms. The van der Waals surface area contributed by atoms with Gasteiger partial charge in [-0.25, -0.2) is 0 Å². The largest absolute Gasteiger partial charge is 0.480 e. The van der Waals surface area contributed by atoms with Gasteiger partial charge < -0.3 is 10.8 Å². The highest BCUT2D eigenvalue weighted by Gasteiger charge is 2.37. The first kappa shape index (κ1) is 6.29. The van der Waals surface area contributed by atoms with Gasteiger partial charge in [0, 0.05) is 5.92 Å². The summed E-state index contributed by atoms with van der Waals surface area (Å²) in [7, 11) is 0. The first-order valence-electron chi connectivity index (χ1n) is 2.79. The lowest BCUT2D eigenvalue weighted by atomic mass is 10.2. The number of carboxylic acids is 1. The van der Waals surface area contributed by atoms with E-state index in [2.05, 4.69) is 6.58 Å². The minimum Gasteiger partial charge on any atom is -0.480 e. The number of nitrogens with two attached hydrogens (primary N) is 1. The van der Waals surface area contributed by atoms with Crippen molar-refractivity contribution in [1.82, 2.24) is 0 Å². The second kappa shape index (κ2) is 1.84. The van der Waals surface area contributed by atoms with Gasteiger partial charge in [-0.2, -0.15) is 0 Å². The van der Waals surface area contributed by atoms with E-state index in [9.17, 15) is 4.79 Å². The summed E-state index contributed by atoms with van der Waals surface area (Å²) in [4.78, 5) is 10.2. The Morgan fingerprint density at radius 3 is 2.56 bits per heavy atom. The van der Waals surface area contributed by atoms with Gasteiger partial charge in [0.2, 0.25) is 0 Å². The molecule has 0 saturated heterocycles. The maximum atomic E-state index is 10.2. The van der Waals surface area contributed by atoms with Gasteiger partial charge in [-0.05, 0) is 6.42 Å². The smallest absolute Gasteiger partial charge is 0.321 e. The second-order valence-corrected chi connectivity index (χ2v) is 2.33. The monoisotopic (exact) mass is 127 g/mol. The van der Waals surface area contributed by atoms with Gasteiger partial charge in [-0.1, -0.05) is 12.2 Å². The summed E-state index contributed by atoms with van der Waals surface area (Å²) in [6, 6.07) is -0.725. The van der Waals surface area contributed by atoms with Crippen LogP contribution >= 0.6 is 0 Å². The van der Waals surface area contributed by atoms with E-state index in [-0.39, 0.29) is 5.92 Å². The lowest BCUT2D eigenvalue weighted by Gasteiger charge is -1.99. The molecule has 0 aromatic rings. The highest BCUT2D eigenvalue weighted by molar-refractivity contribution is 5.75. The van der Waals surface area contributed by atoms with Crippen molar-refractivity contribution in [1.29, 1.82) is 0 Å². The van der Waals surface area contributed by atoms with Crippen molar-refractivity contribution in [2.24, 2.45) is 11.7 Å². The van der Waals surface area contributed by atoms with Crippen molar-refractivity contribution in [3.05, 3.63) is 12.2 Å². The highest BCUT2D eigenvalue weighted by atomic mass is 16.4. The first-order chi connectivity index (χ1) is 4.13. The summed E-state index contributed by atoms with van der Waals surface area (Å²) in [5.74, 6) is -0.888. The van der Waals surface area contributed by atoms with Crippen LogP contribution in [0.1, 0.15) is 6.42 Å². The summed E-state index contributed by atoms with van der Waals surface area (Å²) >= 11 is 0. The molecule has 50 valence electrons. The molecule has 1 rings (SSSR count). The number of hydrogen-bond donors (Lipinski definition) is 2. The molecule has 0 unspecified atom stereocenters. The summed E-state index contributed by atoms with van der Waals surface area (Å²) in [5, 5.41) is 8.34. The third kappa shape index (κ3) is 1.10. The van der Waals surface area contributed by atoms with Crippen LogP contribution in [0.4, 0.5) is 0 Å². The van der Waals surface area contributed by atoms with Gasteiger partial charge in [-0.15, -0.1) is 0 Å². The topological polar surface area (TPSA) is 63.3 Å². The Labute approximate surface area is 53.2 Å². The zero-order valence-electron chi connectivity index (χ0n) is 5.00. The molecule has 3 heteroatoms. The minimum absolute atomic E-state index is 0.0440. The first-order valence-corrected chi connectivity index (χ1v) is 2.79. The van der Waals surface area contributed by atoms with Crippen LogP contribution in [0.25, 0.3) is 0 Å². The Morgan fingerprint density at radius 2 is 2.44 bits per heavy atom. The van der Waals surface area contributed by atoms with E-state index in [1.165, 1.54) is 0 Å². The second-order valence-electron chi connectivity index (χ2n) is 2.33. The average molecular weight is 127 g/mol. The SMILES string of the molecule is C=C1C[C@@H]1[C@@H](N)C(=O)O. The number of aliphatic carboxylic acids is 1. The molecule has 1 aliphatic rings. The van der Waals surface area contributed by atoms with Crippen molar-refractivity contribution in [2.45, 2.75) is 12.5 Å². The molecule has 0 aliphatic heterocycles. The van der Waals surface area contributed by atoms with Crippen LogP contribution in [0, 0.1) is 5.92 Å². The van der Waals surface area contributed by atoms with E-state index < -0.39 is 12.0 Å². The molecular weight excluding hydrogens is 118 g/mol. The number of rotatable bonds is 2. The average Bonchev–Trinajstić information content (AvgIpc) is 2.44. The molecule has 1 saturated carbocycles. The van der Waals surface area contributed by atoms with Crippen LogP contribution in [-0.4, -0.2) is 17.1 Å². The summed E-state index contributed by atoms with van der Waals surface area (Å²) in [5.41, 5.74) is 6.21. The van der Waals surface area contributed by atoms with Gasteiger partial charge in [0.05, 0.1) is 0 Å². The molecule has 0 amide bonds. The molecule has 0 aromatic heterocycles. The zero-order valence-corrected chi connectivity index (χ0v) is 5.00. The predicted molar refractivity (Wildman–Crippen MR) is 32.9 cm³/mol. The molecular formula is C6H9NO2. The van der Waals surface area contributed by atoms with Gasteiger partial charge >= 0.3 is 5.97 Å². The molecule has 2 atom stereocenters. The zero-order chi connectivity index (χ0) is 7.02. The molecule has 1 aliphatic carbocycles. The lowest BCUT2D eigenvalue weighted by molar-refractivity contribution is -0.138. The number of carboxylic acid groups (broad SMARTS) is 1. The standard InChI is InChI=1S/C6H9NO2/c1-3-2-4(3)5(7)6(8)9/h4-5H,1-2,7H2,(H,8,9)/t4-,5+/m0/s1. The van der Waals surface area contributed by atoms with Gasteiger partial charge in [-0.3, -0.25) is 4.79 Å². The van der Waals surface area contributed by atoms with Gasteiger partial charge in [0.1, 0.15) is 6.04 Å². The van der Waals surface area contributed by atoms with Crippen LogP contribution in [0.2, 0.25) is 0 Å². The Morgan fingerprint density at radius 1 is 2.00 bits per heavy atom. The summed E-state index contributed by atoms with van der Waals surface area (Å²) in [6.45, 7) is 3.61. The van der Waals surface area contributed by atoms with E-state index in [1.807, 2.05) is 0 Å². The lowest BCUT2D eigenvalue weighted by Crippen LogP contribution is -2.32. The molecule has 0 spiro atoms. The van der Waals surface area contributed by atoms with E-state index in [4.69, 9.17) is 10.8 Å². The van der Waals surface area contributed by atoms with Crippen LogP contribution < -0.4 is 5.73 Å². The third-order valence-electron chi connectivity index (χ3n) is 1.56. The van der Waals surface area contributed by atoms with Crippen LogP contribution in [-0.2, 0) is 4.79 Å². The summed E-state index contributed by atoms with van der Waals surface area (Å²) < 4.78 is 0. The molecule has 0 heterocycles. The molecule has 3 N–H and O–H groups in total. The number of hydrogen-bond acceptors (Lipinski definition) is 2. The van der Waals surface area contributed by atoms with Gasteiger partial charge in [0.15, 0.2) is 0 Å². The minimum atomic E-state index is -0.932. The fourth-order valence-corrected chi connectivity index (χ4v) is 0.777. The van der Waals surface area contributed by atoms with Crippen molar-refractivity contribution in [2.75, 3.05) is 0 Å². The van der Waals surface area contributed by atoms with Crippen LogP contribution in [0.3, 0.4) is 0 Å². The van der Waals surface area contributed by atoms with E-state index in [1.54, 1.807) is 0 Å². The third-order valence-corrected chi connectivity index (χ3v) is 1.56. The fraction of sp³-hybridized carbons (Fsp3) is 0.500. The van der Waals surface area contributed by atoms with Crippen LogP contribution in [0.15, 0.2) is 12.2 Å². The Hall–Kier alpha value is -0.830. The van der Waals surface area contributed by atoms with Crippen molar-refractivity contribution in [3.63, 3.8) is 0 Å². The highest BCUT2D eigenvalue weighted by Crippen LogP contribution is 2.37. The molecule has 0 aromatic carbocycles. The Balaban J connectivity index is 2.45. The predicted octanol–water partition coefficient (Wildman–Crippen LogP) is -0.0256. The Bertz CT molecular complexity index is 164. The normalized spacial score (nSPS) is 27.7. The quantitative estimate of drug-likeness (QED) is 0.512. The van der Waals surface area contributed by atoms with Crippen molar-refractivity contribution >= 4 is 5.97 Å². The van der Waals surface area contributed by atoms with Crippen molar-refractivity contribution < 1.29 is 9.90 Å². The molecule has 3 nitrogen and oxygen atoms in total. The molecule has 0 bridgehead atoms. The van der Waals surface area contributed by atoms with Crippen molar-refractivity contribution in [3.8, 4) is 0 Å². The fourth-order valence-electron chi connectivity index (χ4n) is 0.777. The molecule has 0 radical (unpaired) electrons. The summed E-state index contributed by atoms with van der Waals surface area (Å²) in [6.07, 6.45) is 0.785. The van der Waals surface area contributed by atoms with E-state index in [0.717, 1.165) is 12.0 Å². The Kier molecular flexibility index (Phi) is 1.29. The molecule has 1 fully saturated rings. The van der Waals surface area contributed by atoms with E-state index >= 15 is 0 Å². The van der Waals surface area contributed by atoms with Crippen LogP contribution in [0.5, 0.6) is 0 Å². The van der Waals surface area contributed by atoms with Gasteiger partial charge in [0.25, 0.3) is 0 Å². The maximum Gasteiger partial charge on any atom is 0.321 e. The maximum absolute atomic E-state index is 10.2.